The van der Waals surface area contributed by atoms with Gasteiger partial charge in [-0.3, -0.25) is 4.79 Å². The molecule has 2 rings (SSSR count). The first kappa shape index (κ1) is 22.2. The van der Waals surface area contributed by atoms with E-state index in [0.29, 0.717) is 50.8 Å². The van der Waals surface area contributed by atoms with E-state index in [-0.39, 0.29) is 11.7 Å². The second-order valence-electron chi connectivity index (χ2n) is 7.06. The highest BCUT2D eigenvalue weighted by Crippen LogP contribution is 2.19. The molecular weight excluding hydrogens is 379 g/mol. The molecule has 1 N–H and O–H groups in total. The lowest BCUT2D eigenvalue weighted by Gasteiger charge is -2.20. The first-order chi connectivity index (χ1) is 13.5. The Labute approximate surface area is 170 Å². The lowest BCUT2D eigenvalue weighted by Crippen LogP contribution is -2.33. The molecular formula is C20H29FN4O2S. The zero-order chi connectivity index (χ0) is 20.4. The van der Waals surface area contributed by atoms with Crippen LogP contribution in [-0.4, -0.2) is 48.6 Å². The number of benzene rings is 1. The number of ether oxygens (including phenoxy) is 1. The number of hydrogen-bond donors (Lipinski definition) is 1. The van der Waals surface area contributed by atoms with E-state index in [1.54, 1.807) is 19.2 Å². The number of amides is 1. The number of aromatic nitrogens is 2. The lowest BCUT2D eigenvalue weighted by atomic mass is 10.1. The van der Waals surface area contributed by atoms with Crippen molar-refractivity contribution in [2.75, 3.05) is 38.3 Å². The minimum absolute atomic E-state index is 0.0408. The van der Waals surface area contributed by atoms with Crippen LogP contribution in [0.15, 0.2) is 24.3 Å². The van der Waals surface area contributed by atoms with Crippen LogP contribution in [-0.2, 0) is 16.0 Å². The maximum absolute atomic E-state index is 13.0. The molecule has 0 aliphatic heterocycles. The maximum Gasteiger partial charge on any atom is 0.221 e. The summed E-state index contributed by atoms with van der Waals surface area (Å²) in [6.45, 7) is 6.72. The van der Waals surface area contributed by atoms with Gasteiger partial charge in [0, 0.05) is 51.1 Å². The summed E-state index contributed by atoms with van der Waals surface area (Å²) < 4.78 is 22.6. The number of carbonyl (C=O) groups is 1. The molecule has 0 saturated carbocycles. The van der Waals surface area contributed by atoms with Crippen molar-refractivity contribution < 1.29 is 13.9 Å². The summed E-state index contributed by atoms with van der Waals surface area (Å²) in [4.78, 5) is 18.7. The topological polar surface area (TPSA) is 67.3 Å². The second-order valence-corrected chi connectivity index (χ2v) is 7.79. The SMILES string of the molecule is COCCN(CCC(=O)NCCC(C)C)c1nc(Cc2ccc(F)cc2)ns1. The van der Waals surface area contributed by atoms with Crippen molar-refractivity contribution in [2.45, 2.75) is 33.1 Å². The van der Waals surface area contributed by atoms with Crippen molar-refractivity contribution >= 4 is 22.6 Å². The van der Waals surface area contributed by atoms with E-state index < -0.39 is 0 Å². The number of methoxy groups -OCH3 is 1. The number of rotatable bonds is 12. The summed E-state index contributed by atoms with van der Waals surface area (Å²) in [6.07, 6.45) is 1.92. The second kappa shape index (κ2) is 11.7. The monoisotopic (exact) mass is 408 g/mol. The maximum atomic E-state index is 13.0. The smallest absolute Gasteiger partial charge is 0.221 e. The Morgan fingerprint density at radius 3 is 2.71 bits per heavy atom. The van der Waals surface area contributed by atoms with Crippen LogP contribution in [0.3, 0.4) is 0 Å². The highest BCUT2D eigenvalue weighted by atomic mass is 32.1. The van der Waals surface area contributed by atoms with Gasteiger partial charge in [0.05, 0.1) is 6.61 Å². The highest BCUT2D eigenvalue weighted by molar-refractivity contribution is 7.09. The van der Waals surface area contributed by atoms with Crippen molar-refractivity contribution in [3.63, 3.8) is 0 Å². The van der Waals surface area contributed by atoms with Crippen molar-refractivity contribution in [3.8, 4) is 0 Å². The number of nitrogens with one attached hydrogen (secondary N) is 1. The number of anilines is 1. The van der Waals surface area contributed by atoms with E-state index in [4.69, 9.17) is 4.74 Å². The molecule has 0 aliphatic rings. The Morgan fingerprint density at radius 1 is 1.29 bits per heavy atom. The van der Waals surface area contributed by atoms with Crippen LogP contribution in [0.1, 0.15) is 38.1 Å². The summed E-state index contributed by atoms with van der Waals surface area (Å²) in [5.41, 5.74) is 0.957. The summed E-state index contributed by atoms with van der Waals surface area (Å²) in [5.74, 6) is 1.04. The Hall–Kier alpha value is -2.06. The van der Waals surface area contributed by atoms with E-state index in [1.807, 2.05) is 4.90 Å². The van der Waals surface area contributed by atoms with Crippen molar-refractivity contribution in [2.24, 2.45) is 5.92 Å². The number of nitrogens with zero attached hydrogens (tertiary/aromatic N) is 3. The van der Waals surface area contributed by atoms with E-state index in [2.05, 4.69) is 28.5 Å². The van der Waals surface area contributed by atoms with Crippen LogP contribution < -0.4 is 10.2 Å². The molecule has 0 saturated heterocycles. The van der Waals surface area contributed by atoms with Gasteiger partial charge >= 0.3 is 0 Å². The number of hydrogen-bond acceptors (Lipinski definition) is 6. The zero-order valence-corrected chi connectivity index (χ0v) is 17.6. The van der Waals surface area contributed by atoms with Gasteiger partial charge in [0.2, 0.25) is 11.0 Å². The number of carbonyl (C=O) groups excluding carboxylic acids is 1. The van der Waals surface area contributed by atoms with E-state index in [0.717, 1.165) is 17.1 Å². The van der Waals surface area contributed by atoms with E-state index >= 15 is 0 Å². The van der Waals surface area contributed by atoms with E-state index in [1.165, 1.54) is 23.7 Å². The number of halogens is 1. The Kier molecular flexibility index (Phi) is 9.30. The van der Waals surface area contributed by atoms with Crippen LogP contribution >= 0.6 is 11.5 Å². The molecule has 1 aromatic carbocycles. The van der Waals surface area contributed by atoms with Crippen molar-refractivity contribution in [1.29, 1.82) is 0 Å². The largest absolute Gasteiger partial charge is 0.383 e. The third-order valence-corrected chi connectivity index (χ3v) is 5.04. The van der Waals surface area contributed by atoms with Gasteiger partial charge in [-0.05, 0) is 30.0 Å². The molecule has 0 aliphatic carbocycles. The van der Waals surface area contributed by atoms with Crippen molar-refractivity contribution in [3.05, 3.63) is 41.5 Å². The van der Waals surface area contributed by atoms with Crippen LogP contribution in [0, 0.1) is 11.7 Å². The van der Waals surface area contributed by atoms with Crippen LogP contribution in [0.2, 0.25) is 0 Å². The zero-order valence-electron chi connectivity index (χ0n) is 16.8. The highest BCUT2D eigenvalue weighted by Gasteiger charge is 2.14. The minimum atomic E-state index is -0.256. The van der Waals surface area contributed by atoms with Gasteiger partial charge in [0.15, 0.2) is 0 Å². The molecule has 154 valence electrons. The Morgan fingerprint density at radius 2 is 2.04 bits per heavy atom. The molecule has 0 fully saturated rings. The first-order valence-corrected chi connectivity index (χ1v) is 10.3. The molecule has 6 nitrogen and oxygen atoms in total. The van der Waals surface area contributed by atoms with Crippen LogP contribution in [0.4, 0.5) is 9.52 Å². The predicted molar refractivity (Wildman–Crippen MR) is 110 cm³/mol. The van der Waals surface area contributed by atoms with Crippen LogP contribution in [0.25, 0.3) is 0 Å². The van der Waals surface area contributed by atoms with Crippen molar-refractivity contribution in [1.82, 2.24) is 14.7 Å². The average Bonchev–Trinajstić information content (AvgIpc) is 3.11. The van der Waals surface area contributed by atoms with Gasteiger partial charge in [-0.25, -0.2) is 9.37 Å². The summed E-state index contributed by atoms with van der Waals surface area (Å²) in [7, 11) is 1.65. The summed E-state index contributed by atoms with van der Waals surface area (Å²) in [5, 5.41) is 3.73. The Balaban J connectivity index is 1.91. The first-order valence-electron chi connectivity index (χ1n) is 9.55. The molecule has 28 heavy (non-hydrogen) atoms. The molecule has 1 heterocycles. The fourth-order valence-electron chi connectivity index (χ4n) is 2.56. The molecule has 1 aromatic heterocycles. The fourth-order valence-corrected chi connectivity index (χ4v) is 3.30. The van der Waals surface area contributed by atoms with Gasteiger partial charge in [-0.2, -0.15) is 4.37 Å². The Bertz CT molecular complexity index is 721. The summed E-state index contributed by atoms with van der Waals surface area (Å²) in [6, 6.07) is 6.34. The third kappa shape index (κ3) is 7.90. The quantitative estimate of drug-likeness (QED) is 0.584. The summed E-state index contributed by atoms with van der Waals surface area (Å²) >= 11 is 1.31. The molecule has 0 radical (unpaired) electrons. The third-order valence-electron chi connectivity index (χ3n) is 4.22. The van der Waals surface area contributed by atoms with Crippen LogP contribution in [0.5, 0.6) is 0 Å². The average molecular weight is 409 g/mol. The fraction of sp³-hybridized carbons (Fsp3) is 0.550. The van der Waals surface area contributed by atoms with Gasteiger partial charge in [-0.1, -0.05) is 26.0 Å². The molecule has 0 bridgehead atoms. The van der Waals surface area contributed by atoms with Gasteiger partial charge in [0.1, 0.15) is 11.6 Å². The molecule has 0 atom stereocenters. The molecule has 2 aromatic rings. The van der Waals surface area contributed by atoms with Gasteiger partial charge in [-0.15, -0.1) is 0 Å². The van der Waals surface area contributed by atoms with Gasteiger partial charge < -0.3 is 15.0 Å². The lowest BCUT2D eigenvalue weighted by molar-refractivity contribution is -0.120. The van der Waals surface area contributed by atoms with E-state index in [9.17, 15) is 9.18 Å². The normalized spacial score (nSPS) is 11.0. The molecule has 0 spiro atoms. The minimum Gasteiger partial charge on any atom is -0.383 e. The standard InChI is InChI=1S/C20H29FN4O2S/c1-15(2)8-10-22-19(26)9-11-25(12-13-27-3)20-23-18(24-28-20)14-16-4-6-17(21)7-5-16/h4-7,15H,8-14H2,1-3H3,(H,22,26). The molecule has 0 unspecified atom stereocenters. The van der Waals surface area contributed by atoms with Gasteiger partial charge in [0.25, 0.3) is 0 Å². The molecule has 1 amide bonds. The molecule has 8 heteroatoms. The predicted octanol–water partition coefficient (Wildman–Crippen LogP) is 3.27.